The van der Waals surface area contributed by atoms with Crippen LogP contribution in [0.2, 0.25) is 0 Å². The van der Waals surface area contributed by atoms with Gasteiger partial charge in [0.15, 0.2) is 5.82 Å². The second kappa shape index (κ2) is 5.18. The van der Waals surface area contributed by atoms with E-state index in [9.17, 15) is 5.11 Å². The lowest BCUT2D eigenvalue weighted by molar-refractivity contribution is 0.108. The maximum Gasteiger partial charge on any atom is 0.259 e. The number of hydrogen-bond donors (Lipinski definition) is 1. The fraction of sp³-hybridized carbons (Fsp3) is 0.462. The van der Waals surface area contributed by atoms with Crippen LogP contribution in [0.5, 0.6) is 5.75 Å². The molecule has 1 aliphatic rings. The van der Waals surface area contributed by atoms with Gasteiger partial charge in [0.05, 0.1) is 17.8 Å². The molecule has 2 aromatic rings. The van der Waals surface area contributed by atoms with Crippen molar-refractivity contribution in [1.29, 1.82) is 0 Å². The molecule has 1 unspecified atom stereocenters. The van der Waals surface area contributed by atoms with Crippen molar-refractivity contribution in [2.75, 3.05) is 33.7 Å². The van der Waals surface area contributed by atoms with Crippen LogP contribution in [-0.2, 0) is 0 Å². The predicted molar refractivity (Wildman–Crippen MR) is 72.1 cm³/mol. The first-order valence-electron chi connectivity index (χ1n) is 6.50. The van der Waals surface area contributed by atoms with Gasteiger partial charge in [-0.05, 0) is 20.2 Å². The van der Waals surface area contributed by atoms with E-state index < -0.39 is 0 Å². The molecule has 1 saturated heterocycles. The van der Waals surface area contributed by atoms with Gasteiger partial charge in [0.25, 0.3) is 5.89 Å². The molecule has 0 radical (unpaired) electrons. The maximum atomic E-state index is 9.44. The zero-order valence-electron chi connectivity index (χ0n) is 11.5. The van der Waals surface area contributed by atoms with E-state index in [0.29, 0.717) is 17.3 Å². The van der Waals surface area contributed by atoms with Gasteiger partial charge in [0, 0.05) is 25.8 Å². The van der Waals surface area contributed by atoms with Gasteiger partial charge in [0.1, 0.15) is 5.75 Å². The van der Waals surface area contributed by atoms with Gasteiger partial charge in [-0.2, -0.15) is 4.98 Å². The van der Waals surface area contributed by atoms with Crippen LogP contribution >= 0.6 is 0 Å². The number of nitrogens with zero attached hydrogens (tertiary/aromatic N) is 5. The summed E-state index contributed by atoms with van der Waals surface area (Å²) in [5.41, 5.74) is 0.621. The van der Waals surface area contributed by atoms with E-state index in [0.717, 1.165) is 19.6 Å². The van der Waals surface area contributed by atoms with Crippen molar-refractivity contribution in [3.05, 3.63) is 24.3 Å². The summed E-state index contributed by atoms with van der Waals surface area (Å²) in [7, 11) is 4.14. The second-order valence-corrected chi connectivity index (χ2v) is 5.15. The molecule has 7 heteroatoms. The van der Waals surface area contributed by atoms with Crippen molar-refractivity contribution in [3.8, 4) is 17.2 Å². The van der Waals surface area contributed by atoms with E-state index in [4.69, 9.17) is 4.52 Å². The Morgan fingerprint density at radius 1 is 1.30 bits per heavy atom. The van der Waals surface area contributed by atoms with E-state index in [1.807, 2.05) is 0 Å². The molecule has 106 valence electrons. The standard InChI is InChI=1S/C13H17N5O2/c1-17-3-4-18(2)11(8-17)12-15-13(20-16-12)9-5-10(19)7-14-6-9/h5-7,11,19H,3-4,8H2,1-2H3. The predicted octanol–water partition coefficient (Wildman–Crippen LogP) is 0.755. The van der Waals surface area contributed by atoms with Crippen molar-refractivity contribution in [1.82, 2.24) is 24.9 Å². The third-order valence-corrected chi connectivity index (χ3v) is 3.56. The Kier molecular flexibility index (Phi) is 3.37. The normalized spacial score (nSPS) is 21.2. The van der Waals surface area contributed by atoms with Crippen molar-refractivity contribution < 1.29 is 9.63 Å². The molecule has 1 fully saturated rings. The van der Waals surface area contributed by atoms with E-state index in [1.165, 1.54) is 6.20 Å². The first-order chi connectivity index (χ1) is 9.63. The molecule has 7 nitrogen and oxygen atoms in total. The summed E-state index contributed by atoms with van der Waals surface area (Å²) in [5.74, 6) is 1.12. The zero-order valence-corrected chi connectivity index (χ0v) is 11.5. The molecule has 20 heavy (non-hydrogen) atoms. The Labute approximate surface area is 116 Å². The minimum Gasteiger partial charge on any atom is -0.506 e. The minimum absolute atomic E-state index is 0.0803. The molecule has 0 aromatic carbocycles. The number of rotatable bonds is 2. The third-order valence-electron chi connectivity index (χ3n) is 3.56. The van der Waals surface area contributed by atoms with E-state index in [-0.39, 0.29) is 11.8 Å². The number of hydrogen-bond acceptors (Lipinski definition) is 7. The van der Waals surface area contributed by atoms with Gasteiger partial charge in [-0.15, -0.1) is 0 Å². The lowest BCUT2D eigenvalue weighted by Gasteiger charge is -2.35. The Hall–Kier alpha value is -1.99. The number of pyridine rings is 1. The Bertz CT molecular complexity index is 600. The molecular formula is C13H17N5O2. The first-order valence-corrected chi connectivity index (χ1v) is 6.50. The van der Waals surface area contributed by atoms with Gasteiger partial charge in [-0.3, -0.25) is 9.88 Å². The SMILES string of the molecule is CN1CCN(C)C(c2noc(-c3cncc(O)c3)n2)C1. The second-order valence-electron chi connectivity index (χ2n) is 5.15. The fourth-order valence-corrected chi connectivity index (χ4v) is 2.32. The lowest BCUT2D eigenvalue weighted by atomic mass is 10.2. The largest absolute Gasteiger partial charge is 0.506 e. The number of likely N-dealkylation sites (N-methyl/N-ethyl adjacent to an activating group) is 2. The zero-order chi connectivity index (χ0) is 14.1. The molecule has 0 amide bonds. The van der Waals surface area contributed by atoms with Crippen molar-refractivity contribution >= 4 is 0 Å². The summed E-state index contributed by atoms with van der Waals surface area (Å²) in [6, 6.07) is 1.68. The van der Waals surface area contributed by atoms with Crippen molar-refractivity contribution in [2.24, 2.45) is 0 Å². The van der Waals surface area contributed by atoms with Gasteiger partial charge in [-0.1, -0.05) is 5.16 Å². The van der Waals surface area contributed by atoms with Crippen LogP contribution in [0.1, 0.15) is 11.9 Å². The van der Waals surface area contributed by atoms with Crippen LogP contribution in [0.4, 0.5) is 0 Å². The van der Waals surface area contributed by atoms with Crippen LogP contribution in [0.3, 0.4) is 0 Å². The summed E-state index contributed by atoms with van der Waals surface area (Å²) >= 11 is 0. The summed E-state index contributed by atoms with van der Waals surface area (Å²) in [6.07, 6.45) is 2.96. The number of aromatic nitrogens is 3. The van der Waals surface area contributed by atoms with Crippen LogP contribution < -0.4 is 0 Å². The highest BCUT2D eigenvalue weighted by Gasteiger charge is 2.28. The molecule has 1 atom stereocenters. The van der Waals surface area contributed by atoms with Crippen LogP contribution in [-0.4, -0.2) is 63.8 Å². The quantitative estimate of drug-likeness (QED) is 0.866. The highest BCUT2D eigenvalue weighted by Crippen LogP contribution is 2.25. The highest BCUT2D eigenvalue weighted by molar-refractivity contribution is 5.53. The molecule has 3 heterocycles. The van der Waals surface area contributed by atoms with E-state index in [1.54, 1.807) is 12.3 Å². The molecule has 1 aliphatic heterocycles. The van der Waals surface area contributed by atoms with Crippen LogP contribution in [0.15, 0.2) is 23.0 Å². The van der Waals surface area contributed by atoms with E-state index >= 15 is 0 Å². The average Bonchev–Trinajstić information content (AvgIpc) is 2.91. The number of aromatic hydroxyl groups is 1. The first kappa shape index (κ1) is 13.0. The van der Waals surface area contributed by atoms with Crippen LogP contribution in [0, 0.1) is 0 Å². The van der Waals surface area contributed by atoms with Crippen LogP contribution in [0.25, 0.3) is 11.5 Å². The molecule has 0 aliphatic carbocycles. The summed E-state index contributed by atoms with van der Waals surface area (Å²) in [6.45, 7) is 2.88. The summed E-state index contributed by atoms with van der Waals surface area (Å²) in [5, 5.41) is 13.5. The third kappa shape index (κ3) is 2.50. The maximum absolute atomic E-state index is 9.44. The fourth-order valence-electron chi connectivity index (χ4n) is 2.32. The average molecular weight is 275 g/mol. The van der Waals surface area contributed by atoms with Gasteiger partial charge >= 0.3 is 0 Å². The topological polar surface area (TPSA) is 78.5 Å². The molecule has 2 aromatic heterocycles. The molecule has 0 saturated carbocycles. The monoisotopic (exact) mass is 275 g/mol. The van der Waals surface area contributed by atoms with Gasteiger partial charge in [0.2, 0.25) is 0 Å². The molecule has 3 rings (SSSR count). The summed E-state index contributed by atoms with van der Waals surface area (Å²) in [4.78, 5) is 12.8. The van der Waals surface area contributed by atoms with Gasteiger partial charge in [-0.25, -0.2) is 0 Å². The number of piperazine rings is 1. The van der Waals surface area contributed by atoms with Crippen molar-refractivity contribution in [2.45, 2.75) is 6.04 Å². The smallest absolute Gasteiger partial charge is 0.259 e. The lowest BCUT2D eigenvalue weighted by Crippen LogP contribution is -2.45. The Morgan fingerprint density at radius 3 is 2.95 bits per heavy atom. The molecule has 1 N–H and O–H groups in total. The molecule has 0 spiro atoms. The van der Waals surface area contributed by atoms with Gasteiger partial charge < -0.3 is 14.5 Å². The Balaban J connectivity index is 1.86. The summed E-state index contributed by atoms with van der Waals surface area (Å²) < 4.78 is 5.29. The van der Waals surface area contributed by atoms with Crippen molar-refractivity contribution in [3.63, 3.8) is 0 Å². The Morgan fingerprint density at radius 2 is 2.15 bits per heavy atom. The molecule has 0 bridgehead atoms. The highest BCUT2D eigenvalue weighted by atomic mass is 16.5. The molecular weight excluding hydrogens is 258 g/mol. The minimum atomic E-state index is 0.0803. The van der Waals surface area contributed by atoms with E-state index in [2.05, 4.69) is 39.0 Å².